The molecule has 0 unspecified atom stereocenters. The van der Waals surface area contributed by atoms with Gasteiger partial charge in [-0.25, -0.2) is 9.37 Å². The summed E-state index contributed by atoms with van der Waals surface area (Å²) in [6.07, 6.45) is 2.46. The first-order chi connectivity index (χ1) is 15.7. The van der Waals surface area contributed by atoms with Crippen LogP contribution in [0.4, 0.5) is 9.52 Å². The molecule has 8 heteroatoms. The van der Waals surface area contributed by atoms with Gasteiger partial charge in [0.2, 0.25) is 11.0 Å². The van der Waals surface area contributed by atoms with E-state index in [2.05, 4.69) is 14.7 Å². The fraction of sp³-hybridized carbons (Fsp3) is 0.208. The lowest BCUT2D eigenvalue weighted by atomic mass is 10.1. The lowest BCUT2D eigenvalue weighted by molar-refractivity contribution is -0.121. The van der Waals surface area contributed by atoms with Crippen LogP contribution in [-0.4, -0.2) is 21.8 Å². The number of furan rings is 1. The molecule has 0 saturated heterocycles. The van der Waals surface area contributed by atoms with Crippen molar-refractivity contribution >= 4 is 22.6 Å². The first kappa shape index (κ1) is 21.7. The highest BCUT2D eigenvalue weighted by Crippen LogP contribution is 2.22. The van der Waals surface area contributed by atoms with Gasteiger partial charge >= 0.3 is 0 Å². The van der Waals surface area contributed by atoms with E-state index in [0.29, 0.717) is 38.3 Å². The van der Waals surface area contributed by atoms with Crippen molar-refractivity contribution in [2.75, 3.05) is 11.4 Å². The molecule has 6 nitrogen and oxygen atoms in total. The van der Waals surface area contributed by atoms with Gasteiger partial charge in [0.05, 0.1) is 12.8 Å². The van der Waals surface area contributed by atoms with E-state index in [1.165, 1.54) is 23.7 Å². The van der Waals surface area contributed by atoms with Gasteiger partial charge in [0, 0.05) is 37.5 Å². The average Bonchev–Trinajstić information content (AvgIpc) is 3.50. The molecule has 2 aromatic heterocycles. The molecule has 4 aromatic rings. The van der Waals surface area contributed by atoms with Crippen molar-refractivity contribution in [2.45, 2.75) is 25.9 Å². The number of rotatable bonds is 10. The molecule has 32 heavy (non-hydrogen) atoms. The van der Waals surface area contributed by atoms with E-state index in [1.54, 1.807) is 18.4 Å². The number of anilines is 1. The average molecular weight is 451 g/mol. The fourth-order valence-corrected chi connectivity index (χ4v) is 3.89. The van der Waals surface area contributed by atoms with Gasteiger partial charge in [0.15, 0.2) is 0 Å². The third-order valence-electron chi connectivity index (χ3n) is 4.87. The van der Waals surface area contributed by atoms with Crippen molar-refractivity contribution in [3.63, 3.8) is 0 Å². The van der Waals surface area contributed by atoms with Crippen LogP contribution in [0.3, 0.4) is 0 Å². The van der Waals surface area contributed by atoms with Crippen molar-refractivity contribution in [3.05, 3.63) is 102 Å². The number of hydrogen-bond donors (Lipinski definition) is 1. The van der Waals surface area contributed by atoms with Gasteiger partial charge in [-0.2, -0.15) is 4.37 Å². The zero-order valence-corrected chi connectivity index (χ0v) is 18.2. The van der Waals surface area contributed by atoms with E-state index >= 15 is 0 Å². The van der Waals surface area contributed by atoms with Gasteiger partial charge in [0.25, 0.3) is 0 Å². The summed E-state index contributed by atoms with van der Waals surface area (Å²) in [6, 6.07) is 19.9. The first-order valence-electron chi connectivity index (χ1n) is 10.3. The molecule has 0 saturated carbocycles. The monoisotopic (exact) mass is 450 g/mol. The lowest BCUT2D eigenvalue weighted by Crippen LogP contribution is -2.30. The standard InChI is InChI=1S/C24H23FN4O2S/c25-20-10-8-18(9-11-20)15-22-27-24(32-28-22)29(17-21-7-4-14-31-21)13-12-23(30)26-16-19-5-2-1-3-6-19/h1-11,14H,12-13,15-17H2,(H,26,30). The van der Waals surface area contributed by atoms with E-state index in [4.69, 9.17) is 4.42 Å². The Morgan fingerprint density at radius 3 is 2.59 bits per heavy atom. The minimum absolute atomic E-state index is 0.0330. The molecule has 0 fully saturated rings. The van der Waals surface area contributed by atoms with Crippen LogP contribution in [-0.2, 0) is 24.3 Å². The number of amides is 1. The smallest absolute Gasteiger partial charge is 0.222 e. The first-order valence-corrected chi connectivity index (χ1v) is 11.1. The molecule has 1 amide bonds. The maximum atomic E-state index is 13.1. The summed E-state index contributed by atoms with van der Waals surface area (Å²) in [5, 5.41) is 3.67. The topological polar surface area (TPSA) is 71.3 Å². The summed E-state index contributed by atoms with van der Waals surface area (Å²) in [6.45, 7) is 1.47. The number of hydrogen-bond acceptors (Lipinski definition) is 6. The molecule has 0 aliphatic carbocycles. The maximum absolute atomic E-state index is 13.1. The van der Waals surface area contributed by atoms with Crippen molar-refractivity contribution < 1.29 is 13.6 Å². The Hall–Kier alpha value is -3.52. The Balaban J connectivity index is 1.38. The highest BCUT2D eigenvalue weighted by molar-refractivity contribution is 7.09. The Morgan fingerprint density at radius 2 is 1.84 bits per heavy atom. The molecule has 4 rings (SSSR count). The van der Waals surface area contributed by atoms with Crippen LogP contribution in [0.1, 0.15) is 29.1 Å². The Labute approximate surface area is 189 Å². The van der Waals surface area contributed by atoms with Gasteiger partial charge in [-0.3, -0.25) is 4.79 Å². The number of carbonyl (C=O) groups excluding carboxylic acids is 1. The minimum atomic E-state index is -0.268. The summed E-state index contributed by atoms with van der Waals surface area (Å²) in [7, 11) is 0. The second-order valence-corrected chi connectivity index (χ2v) is 8.04. The molecule has 0 aliphatic rings. The molecule has 0 atom stereocenters. The van der Waals surface area contributed by atoms with Crippen LogP contribution in [0.2, 0.25) is 0 Å². The quantitative estimate of drug-likeness (QED) is 0.383. The van der Waals surface area contributed by atoms with Crippen LogP contribution in [0, 0.1) is 5.82 Å². The minimum Gasteiger partial charge on any atom is -0.467 e. The number of halogens is 1. The number of benzene rings is 2. The molecule has 0 radical (unpaired) electrons. The third kappa shape index (κ3) is 6.24. The molecular weight excluding hydrogens is 427 g/mol. The maximum Gasteiger partial charge on any atom is 0.222 e. The van der Waals surface area contributed by atoms with Crippen molar-refractivity contribution in [1.82, 2.24) is 14.7 Å². The SMILES string of the molecule is O=C(CCN(Cc1ccco1)c1nc(Cc2ccc(F)cc2)ns1)NCc1ccccc1. The normalized spacial score (nSPS) is 10.8. The van der Waals surface area contributed by atoms with Gasteiger partial charge in [-0.1, -0.05) is 42.5 Å². The molecular formula is C24H23FN4O2S. The molecule has 164 valence electrons. The Morgan fingerprint density at radius 1 is 1.03 bits per heavy atom. The molecule has 2 heterocycles. The van der Waals surface area contributed by atoms with Gasteiger partial charge in [0.1, 0.15) is 17.4 Å². The van der Waals surface area contributed by atoms with Crippen LogP contribution in [0.5, 0.6) is 0 Å². The Kier molecular flexibility index (Phi) is 7.24. The highest BCUT2D eigenvalue weighted by Gasteiger charge is 2.16. The van der Waals surface area contributed by atoms with Crippen molar-refractivity contribution in [3.8, 4) is 0 Å². The van der Waals surface area contributed by atoms with Crippen LogP contribution in [0.25, 0.3) is 0 Å². The largest absolute Gasteiger partial charge is 0.467 e. The van der Waals surface area contributed by atoms with Crippen LogP contribution >= 0.6 is 11.5 Å². The summed E-state index contributed by atoms with van der Waals surface area (Å²) >= 11 is 1.28. The number of nitrogens with one attached hydrogen (secondary N) is 1. The van der Waals surface area contributed by atoms with E-state index in [0.717, 1.165) is 22.0 Å². The van der Waals surface area contributed by atoms with Crippen LogP contribution < -0.4 is 10.2 Å². The predicted molar refractivity (Wildman–Crippen MR) is 122 cm³/mol. The molecule has 0 spiro atoms. The summed E-state index contributed by atoms with van der Waals surface area (Å²) < 4.78 is 23.1. The number of carbonyl (C=O) groups is 1. The molecule has 2 aromatic carbocycles. The van der Waals surface area contributed by atoms with Gasteiger partial charge in [-0.05, 0) is 35.4 Å². The number of aromatic nitrogens is 2. The second-order valence-electron chi connectivity index (χ2n) is 7.31. The number of nitrogens with zero attached hydrogens (tertiary/aromatic N) is 3. The zero-order valence-electron chi connectivity index (χ0n) is 17.4. The van der Waals surface area contributed by atoms with E-state index in [1.807, 2.05) is 47.4 Å². The summed E-state index contributed by atoms with van der Waals surface area (Å²) in [5.41, 5.74) is 2.00. The summed E-state index contributed by atoms with van der Waals surface area (Å²) in [4.78, 5) is 19.0. The van der Waals surface area contributed by atoms with Crippen molar-refractivity contribution in [2.24, 2.45) is 0 Å². The van der Waals surface area contributed by atoms with Crippen LogP contribution in [0.15, 0.2) is 77.4 Å². The highest BCUT2D eigenvalue weighted by atomic mass is 32.1. The zero-order chi connectivity index (χ0) is 22.2. The van der Waals surface area contributed by atoms with E-state index in [-0.39, 0.29) is 11.7 Å². The van der Waals surface area contributed by atoms with Crippen molar-refractivity contribution in [1.29, 1.82) is 0 Å². The molecule has 1 N–H and O–H groups in total. The van der Waals surface area contributed by atoms with Gasteiger partial charge < -0.3 is 14.6 Å². The second kappa shape index (κ2) is 10.7. The third-order valence-corrected chi connectivity index (χ3v) is 5.69. The molecule has 0 aliphatic heterocycles. The van der Waals surface area contributed by atoms with E-state index < -0.39 is 0 Å². The molecule has 0 bridgehead atoms. The lowest BCUT2D eigenvalue weighted by Gasteiger charge is -2.20. The predicted octanol–water partition coefficient (Wildman–Crippen LogP) is 4.57. The fourth-order valence-electron chi connectivity index (χ4n) is 3.18. The van der Waals surface area contributed by atoms with Gasteiger partial charge in [-0.15, -0.1) is 0 Å². The Bertz CT molecular complexity index is 1110. The summed E-state index contributed by atoms with van der Waals surface area (Å²) in [5.74, 6) is 1.14. The van der Waals surface area contributed by atoms with E-state index in [9.17, 15) is 9.18 Å².